The van der Waals surface area contributed by atoms with E-state index in [0.29, 0.717) is 42.8 Å². The Morgan fingerprint density at radius 3 is 0.945 bits per heavy atom. The van der Waals surface area contributed by atoms with Crippen molar-refractivity contribution in [1.29, 1.82) is 0 Å². The number of benzene rings is 3. The minimum Gasteiger partial charge on any atom is -0.481 e. The van der Waals surface area contributed by atoms with Crippen LogP contribution in [0.1, 0.15) is 66.2 Å². The summed E-state index contributed by atoms with van der Waals surface area (Å²) >= 11 is 0. The fraction of sp³-hybridized carbons (Fsp3) is 0.348. The maximum Gasteiger partial charge on any atom is 0.148 e. The van der Waals surface area contributed by atoms with Crippen molar-refractivity contribution < 1.29 is 43.0 Å². The minimum absolute atomic E-state index is 0. The Bertz CT molecular complexity index is 1660. The van der Waals surface area contributed by atoms with Crippen molar-refractivity contribution >= 4 is 35.2 Å². The van der Waals surface area contributed by atoms with Gasteiger partial charge in [-0.05, 0) is 107 Å². The standard InChI is InChI=1S/2C15H16O3.C14H14O3.2CH4/c2*1-4-9-18-14-7-5-13(6-8-14)10-15(11(2)16)12(3)17;1-3-8-17-14-6-4-12(5-7-14)9-13(10-15)11(2)16;;/h2*1,5-8,15H,9-10H2,2-3H3;1,4-7,10,13H,8-9H2,2H3;2*1H4. The molecule has 0 radical (unpaired) electrons. The number of hydrogen-bond donors (Lipinski definition) is 0. The van der Waals surface area contributed by atoms with Crippen LogP contribution in [0.2, 0.25) is 0 Å². The van der Waals surface area contributed by atoms with Crippen LogP contribution in [0.25, 0.3) is 0 Å². The third kappa shape index (κ3) is 20.6. The molecule has 3 aromatic carbocycles. The Hall–Kier alpha value is -6.24. The van der Waals surface area contributed by atoms with Gasteiger partial charge in [0.25, 0.3) is 0 Å². The third-order valence-electron chi connectivity index (χ3n) is 7.72. The maximum absolute atomic E-state index is 11.3. The molecule has 0 aliphatic heterocycles. The number of carbonyl (C=O) groups is 6. The third-order valence-corrected chi connectivity index (χ3v) is 7.72. The largest absolute Gasteiger partial charge is 0.481 e. The van der Waals surface area contributed by atoms with Gasteiger partial charge in [0.05, 0.1) is 17.8 Å². The van der Waals surface area contributed by atoms with Gasteiger partial charge in [0.15, 0.2) is 0 Å². The molecule has 0 amide bonds. The molecule has 0 aliphatic carbocycles. The number of ketones is 5. The van der Waals surface area contributed by atoms with Gasteiger partial charge in [-0.15, -0.1) is 19.3 Å². The van der Waals surface area contributed by atoms with Crippen LogP contribution >= 0.6 is 0 Å². The summed E-state index contributed by atoms with van der Waals surface area (Å²) in [5, 5.41) is 0. The lowest BCUT2D eigenvalue weighted by Crippen LogP contribution is -2.21. The highest BCUT2D eigenvalue weighted by molar-refractivity contribution is 6.01. The Balaban J connectivity index is 0. The highest BCUT2D eigenvalue weighted by Crippen LogP contribution is 2.18. The predicted molar refractivity (Wildman–Crippen MR) is 217 cm³/mol. The zero-order chi connectivity index (χ0) is 39.8. The van der Waals surface area contributed by atoms with Crippen LogP contribution in [0.3, 0.4) is 0 Å². The summed E-state index contributed by atoms with van der Waals surface area (Å²) in [5.41, 5.74) is 2.78. The highest BCUT2D eigenvalue weighted by atomic mass is 16.5. The monoisotopic (exact) mass is 750 g/mol. The van der Waals surface area contributed by atoms with Gasteiger partial charge in [0, 0.05) is 0 Å². The molecular formula is C46H54O9. The van der Waals surface area contributed by atoms with Gasteiger partial charge in [-0.25, -0.2) is 0 Å². The summed E-state index contributed by atoms with van der Waals surface area (Å²) in [5.74, 6) is 6.98. The molecule has 292 valence electrons. The number of terminal acetylenes is 3. The van der Waals surface area contributed by atoms with Crippen LogP contribution in [-0.2, 0) is 48.0 Å². The molecule has 0 heterocycles. The van der Waals surface area contributed by atoms with E-state index in [2.05, 4.69) is 17.8 Å². The molecule has 0 N–H and O–H groups in total. The van der Waals surface area contributed by atoms with Crippen molar-refractivity contribution in [3.05, 3.63) is 89.5 Å². The van der Waals surface area contributed by atoms with Crippen molar-refractivity contribution in [3.63, 3.8) is 0 Å². The Labute approximate surface area is 327 Å². The van der Waals surface area contributed by atoms with E-state index in [1.807, 2.05) is 36.4 Å². The average Bonchev–Trinajstić information content (AvgIpc) is 3.13. The number of carbonyl (C=O) groups excluding carboxylic acids is 6. The second-order valence-corrected chi connectivity index (χ2v) is 11.9. The quantitative estimate of drug-likeness (QED) is 0.0768. The van der Waals surface area contributed by atoms with Gasteiger partial charge in [-0.1, -0.05) is 69.0 Å². The van der Waals surface area contributed by atoms with Crippen LogP contribution in [0.15, 0.2) is 72.8 Å². The van der Waals surface area contributed by atoms with Gasteiger partial charge < -0.3 is 19.0 Å². The first kappa shape index (κ1) is 50.9. The van der Waals surface area contributed by atoms with E-state index in [4.69, 9.17) is 33.5 Å². The lowest BCUT2D eigenvalue weighted by molar-refractivity contribution is -0.131. The number of rotatable bonds is 18. The van der Waals surface area contributed by atoms with Crippen LogP contribution in [-0.4, -0.2) is 55.0 Å². The molecule has 0 bridgehead atoms. The van der Waals surface area contributed by atoms with Crippen LogP contribution in [0, 0.1) is 54.8 Å². The lowest BCUT2D eigenvalue weighted by Gasteiger charge is -2.10. The molecule has 3 aromatic rings. The molecular weight excluding hydrogens is 696 g/mol. The summed E-state index contributed by atoms with van der Waals surface area (Å²) < 4.78 is 15.7. The van der Waals surface area contributed by atoms with Crippen molar-refractivity contribution in [3.8, 4) is 54.3 Å². The van der Waals surface area contributed by atoms with Gasteiger partial charge >= 0.3 is 0 Å². The molecule has 0 aromatic heterocycles. The molecule has 9 nitrogen and oxygen atoms in total. The first-order valence-electron chi connectivity index (χ1n) is 16.7. The molecule has 0 fully saturated rings. The average molecular weight is 751 g/mol. The Morgan fingerprint density at radius 2 is 0.745 bits per heavy atom. The summed E-state index contributed by atoms with van der Waals surface area (Å²) in [4.78, 5) is 67.1. The minimum atomic E-state index is -0.563. The van der Waals surface area contributed by atoms with Gasteiger partial charge in [0.1, 0.15) is 72.3 Å². The van der Waals surface area contributed by atoms with Crippen LogP contribution < -0.4 is 14.2 Å². The van der Waals surface area contributed by atoms with Gasteiger partial charge in [0.2, 0.25) is 0 Å². The molecule has 0 saturated heterocycles. The van der Waals surface area contributed by atoms with Crippen molar-refractivity contribution in [1.82, 2.24) is 0 Å². The molecule has 0 saturated carbocycles. The van der Waals surface area contributed by atoms with Crippen molar-refractivity contribution in [2.24, 2.45) is 17.8 Å². The number of hydrogen-bond acceptors (Lipinski definition) is 9. The van der Waals surface area contributed by atoms with E-state index in [1.165, 1.54) is 34.6 Å². The first-order chi connectivity index (χ1) is 25.3. The number of Topliss-reactive ketones (excluding diaryl/α,β-unsaturated/α-hetero) is 5. The van der Waals surface area contributed by atoms with E-state index in [9.17, 15) is 28.8 Å². The Morgan fingerprint density at radius 1 is 0.491 bits per heavy atom. The second-order valence-electron chi connectivity index (χ2n) is 11.9. The molecule has 9 heteroatoms. The van der Waals surface area contributed by atoms with Crippen LogP contribution in [0.4, 0.5) is 0 Å². The fourth-order valence-corrected chi connectivity index (χ4v) is 4.70. The zero-order valence-corrected chi connectivity index (χ0v) is 30.9. The van der Waals surface area contributed by atoms with Crippen molar-refractivity contribution in [2.75, 3.05) is 19.8 Å². The molecule has 0 aliphatic rings. The fourth-order valence-electron chi connectivity index (χ4n) is 4.70. The van der Waals surface area contributed by atoms with E-state index in [-0.39, 0.29) is 63.6 Å². The number of ether oxygens (including phenoxy) is 3. The molecule has 55 heavy (non-hydrogen) atoms. The summed E-state index contributed by atoms with van der Waals surface area (Å²) in [6.07, 6.45) is 17.2. The SMILES string of the molecule is C.C.C#CCOc1ccc(CC(C(C)=O)C(C)=O)cc1.C#CCOc1ccc(CC(C(C)=O)C(C)=O)cc1.C#CCOc1ccc(CC(C=O)C(C)=O)cc1. The van der Waals surface area contributed by atoms with E-state index < -0.39 is 17.8 Å². The summed E-state index contributed by atoms with van der Waals surface area (Å²) in [6.45, 7) is 7.86. The predicted octanol–water partition coefficient (Wildman–Crippen LogP) is 6.99. The first-order valence-corrected chi connectivity index (χ1v) is 16.7. The van der Waals surface area contributed by atoms with E-state index >= 15 is 0 Å². The van der Waals surface area contributed by atoms with Gasteiger partial charge in [-0.3, -0.25) is 24.0 Å². The normalized spacial score (nSPS) is 9.96. The van der Waals surface area contributed by atoms with Gasteiger partial charge in [-0.2, -0.15) is 0 Å². The van der Waals surface area contributed by atoms with Crippen molar-refractivity contribution in [2.45, 2.75) is 68.7 Å². The summed E-state index contributed by atoms with van der Waals surface area (Å²) in [7, 11) is 0. The molecule has 1 unspecified atom stereocenters. The molecule has 3 rings (SSSR count). The molecule has 1 atom stereocenters. The second kappa shape index (κ2) is 28.3. The number of aldehydes is 1. The lowest BCUT2D eigenvalue weighted by atomic mass is 9.93. The van der Waals surface area contributed by atoms with E-state index in [0.717, 1.165) is 16.7 Å². The smallest absolute Gasteiger partial charge is 0.148 e. The van der Waals surface area contributed by atoms with E-state index in [1.54, 1.807) is 36.4 Å². The zero-order valence-electron chi connectivity index (χ0n) is 30.9. The van der Waals surface area contributed by atoms with Crippen LogP contribution in [0.5, 0.6) is 17.2 Å². The maximum atomic E-state index is 11.3. The highest BCUT2D eigenvalue weighted by Gasteiger charge is 2.20. The summed E-state index contributed by atoms with van der Waals surface area (Å²) in [6, 6.07) is 21.7. The topological polar surface area (TPSA) is 130 Å². The Kier molecular flexibility index (Phi) is 26.2. The molecule has 0 spiro atoms.